The van der Waals surface area contributed by atoms with Crippen LogP contribution in [0, 0.1) is 5.82 Å². The number of nitrogens with zero attached hydrogens (tertiary/aromatic N) is 2. The highest BCUT2D eigenvalue weighted by atomic mass is 32.2. The van der Waals surface area contributed by atoms with Gasteiger partial charge in [-0.2, -0.15) is 0 Å². The number of halogens is 1. The first-order valence-corrected chi connectivity index (χ1v) is 9.92. The third-order valence-electron chi connectivity index (χ3n) is 3.98. The van der Waals surface area contributed by atoms with Crippen molar-refractivity contribution in [2.75, 3.05) is 51.3 Å². The second kappa shape index (κ2) is 8.98. The minimum Gasteiger partial charge on any atom is -0.356 e. The lowest BCUT2D eigenvalue weighted by Crippen LogP contribution is -2.46. The Morgan fingerprint density at radius 2 is 1.96 bits per heavy atom. The molecule has 1 aromatic carbocycles. The van der Waals surface area contributed by atoms with Crippen molar-refractivity contribution in [3.8, 4) is 0 Å². The van der Waals surface area contributed by atoms with Gasteiger partial charge in [-0.05, 0) is 24.1 Å². The van der Waals surface area contributed by atoms with Crippen molar-refractivity contribution in [2.24, 2.45) is 4.99 Å². The van der Waals surface area contributed by atoms with Crippen LogP contribution in [-0.4, -0.2) is 70.6 Å². The highest BCUT2D eigenvalue weighted by Crippen LogP contribution is 2.04. The Morgan fingerprint density at radius 3 is 2.62 bits per heavy atom. The van der Waals surface area contributed by atoms with Crippen LogP contribution in [0.5, 0.6) is 0 Å². The third-order valence-corrected chi connectivity index (χ3v) is 5.59. The summed E-state index contributed by atoms with van der Waals surface area (Å²) in [5, 5.41) is 6.40. The summed E-state index contributed by atoms with van der Waals surface area (Å²) in [5.74, 6) is 0.955. The van der Waals surface area contributed by atoms with E-state index < -0.39 is 9.84 Å². The Balaban J connectivity index is 1.64. The van der Waals surface area contributed by atoms with Gasteiger partial charge in [0.2, 0.25) is 0 Å². The van der Waals surface area contributed by atoms with Gasteiger partial charge in [0.25, 0.3) is 0 Å². The monoisotopic (exact) mass is 356 g/mol. The summed E-state index contributed by atoms with van der Waals surface area (Å²) < 4.78 is 35.9. The van der Waals surface area contributed by atoms with Crippen molar-refractivity contribution in [3.05, 3.63) is 35.6 Å². The van der Waals surface area contributed by atoms with E-state index in [1.54, 1.807) is 13.1 Å². The Kier molecular flexibility index (Phi) is 6.99. The Bertz CT molecular complexity index is 650. The number of sulfone groups is 1. The molecule has 1 aromatic rings. The van der Waals surface area contributed by atoms with Gasteiger partial charge in [0.05, 0.1) is 11.5 Å². The van der Waals surface area contributed by atoms with Crippen LogP contribution in [0.1, 0.15) is 5.56 Å². The molecular weight excluding hydrogens is 331 g/mol. The molecule has 1 aliphatic heterocycles. The molecule has 0 radical (unpaired) electrons. The van der Waals surface area contributed by atoms with E-state index in [1.807, 2.05) is 6.07 Å². The molecule has 0 amide bonds. The summed E-state index contributed by atoms with van der Waals surface area (Å²) in [6.07, 6.45) is 0.711. The summed E-state index contributed by atoms with van der Waals surface area (Å²) >= 11 is 0. The summed E-state index contributed by atoms with van der Waals surface area (Å²) in [4.78, 5) is 6.28. The van der Waals surface area contributed by atoms with Crippen molar-refractivity contribution >= 4 is 15.8 Å². The van der Waals surface area contributed by atoms with Gasteiger partial charge in [-0.3, -0.25) is 9.89 Å². The average Bonchev–Trinajstić information content (AvgIpc) is 2.55. The van der Waals surface area contributed by atoms with Crippen LogP contribution in [0.25, 0.3) is 0 Å². The van der Waals surface area contributed by atoms with Crippen LogP contribution < -0.4 is 10.6 Å². The standard InChI is InChI=1S/C16H25FN4O2S/c1-18-16(19-6-5-14-3-2-4-15(17)13-14)20-7-8-21-9-11-24(22,23)12-10-21/h2-4,13H,5-12H2,1H3,(H2,18,19,20). The molecule has 0 saturated carbocycles. The molecule has 1 aliphatic rings. The predicted octanol–water partition coefficient (Wildman–Crippen LogP) is 0.264. The second-order valence-electron chi connectivity index (χ2n) is 5.80. The zero-order valence-electron chi connectivity index (χ0n) is 14.0. The van der Waals surface area contributed by atoms with Crippen LogP contribution >= 0.6 is 0 Å². The molecule has 0 atom stereocenters. The highest BCUT2D eigenvalue weighted by molar-refractivity contribution is 7.91. The second-order valence-corrected chi connectivity index (χ2v) is 8.10. The zero-order valence-corrected chi connectivity index (χ0v) is 14.8. The van der Waals surface area contributed by atoms with Crippen LogP contribution in [0.3, 0.4) is 0 Å². The van der Waals surface area contributed by atoms with Gasteiger partial charge in [-0.1, -0.05) is 12.1 Å². The lowest BCUT2D eigenvalue weighted by atomic mass is 10.1. The number of guanidine groups is 1. The van der Waals surface area contributed by atoms with E-state index >= 15 is 0 Å². The summed E-state index contributed by atoms with van der Waals surface area (Å²) in [6.45, 7) is 3.32. The SMILES string of the molecule is CN=C(NCCc1cccc(F)c1)NCCN1CCS(=O)(=O)CC1. The molecule has 2 rings (SSSR count). The Morgan fingerprint density at radius 1 is 1.25 bits per heavy atom. The first-order chi connectivity index (χ1) is 11.5. The first-order valence-electron chi connectivity index (χ1n) is 8.10. The number of nitrogens with one attached hydrogen (secondary N) is 2. The summed E-state index contributed by atoms with van der Waals surface area (Å²) in [6, 6.07) is 6.56. The van der Waals surface area contributed by atoms with Gasteiger partial charge in [-0.25, -0.2) is 12.8 Å². The van der Waals surface area contributed by atoms with Crippen LogP contribution in [-0.2, 0) is 16.3 Å². The highest BCUT2D eigenvalue weighted by Gasteiger charge is 2.20. The molecule has 2 N–H and O–H groups in total. The Hall–Kier alpha value is -1.67. The topological polar surface area (TPSA) is 73.8 Å². The van der Waals surface area contributed by atoms with Crippen LogP contribution in [0.4, 0.5) is 4.39 Å². The molecular formula is C16H25FN4O2S. The number of hydrogen-bond acceptors (Lipinski definition) is 4. The van der Waals surface area contributed by atoms with Gasteiger partial charge in [0.1, 0.15) is 5.82 Å². The fourth-order valence-electron chi connectivity index (χ4n) is 2.54. The smallest absolute Gasteiger partial charge is 0.191 e. The van der Waals surface area contributed by atoms with Crippen molar-refractivity contribution in [1.29, 1.82) is 0 Å². The molecule has 0 aromatic heterocycles. The van der Waals surface area contributed by atoms with Crippen molar-refractivity contribution in [1.82, 2.24) is 15.5 Å². The van der Waals surface area contributed by atoms with E-state index in [0.717, 1.165) is 12.1 Å². The number of rotatable bonds is 6. The maximum Gasteiger partial charge on any atom is 0.191 e. The molecule has 134 valence electrons. The van der Waals surface area contributed by atoms with E-state index in [2.05, 4.69) is 20.5 Å². The molecule has 0 aliphatic carbocycles. The molecule has 1 saturated heterocycles. The number of benzene rings is 1. The summed E-state index contributed by atoms with van der Waals surface area (Å²) in [7, 11) is -1.13. The van der Waals surface area contributed by atoms with Crippen LogP contribution in [0.15, 0.2) is 29.3 Å². The lowest BCUT2D eigenvalue weighted by Gasteiger charge is -2.26. The molecule has 1 heterocycles. The van der Waals surface area contributed by atoms with Gasteiger partial charge in [0, 0.05) is 39.8 Å². The van der Waals surface area contributed by atoms with Gasteiger partial charge < -0.3 is 10.6 Å². The van der Waals surface area contributed by atoms with Gasteiger partial charge >= 0.3 is 0 Å². The lowest BCUT2D eigenvalue weighted by molar-refractivity contribution is 0.299. The molecule has 0 bridgehead atoms. The molecule has 8 heteroatoms. The van der Waals surface area contributed by atoms with Crippen molar-refractivity contribution < 1.29 is 12.8 Å². The minimum absolute atomic E-state index is 0.224. The van der Waals surface area contributed by atoms with E-state index in [-0.39, 0.29) is 17.3 Å². The minimum atomic E-state index is -2.83. The molecule has 1 fully saturated rings. The predicted molar refractivity (Wildman–Crippen MR) is 94.6 cm³/mol. The Labute approximate surface area is 143 Å². The maximum absolute atomic E-state index is 13.1. The van der Waals surface area contributed by atoms with E-state index in [4.69, 9.17) is 0 Å². The zero-order chi connectivity index (χ0) is 17.4. The average molecular weight is 356 g/mol. The molecule has 0 spiro atoms. The van der Waals surface area contributed by atoms with E-state index in [9.17, 15) is 12.8 Å². The normalized spacial score (nSPS) is 18.3. The quantitative estimate of drug-likeness (QED) is 0.565. The molecule has 0 unspecified atom stereocenters. The fraction of sp³-hybridized carbons (Fsp3) is 0.562. The molecule has 6 nitrogen and oxygen atoms in total. The number of hydrogen-bond donors (Lipinski definition) is 2. The van der Waals surface area contributed by atoms with E-state index in [1.165, 1.54) is 12.1 Å². The first kappa shape index (κ1) is 18.7. The van der Waals surface area contributed by atoms with Crippen molar-refractivity contribution in [2.45, 2.75) is 6.42 Å². The van der Waals surface area contributed by atoms with Crippen molar-refractivity contribution in [3.63, 3.8) is 0 Å². The van der Waals surface area contributed by atoms with Gasteiger partial charge in [-0.15, -0.1) is 0 Å². The maximum atomic E-state index is 13.1. The molecule has 24 heavy (non-hydrogen) atoms. The third kappa shape index (κ3) is 6.45. The van der Waals surface area contributed by atoms with E-state index in [0.29, 0.717) is 38.6 Å². The van der Waals surface area contributed by atoms with Crippen LogP contribution in [0.2, 0.25) is 0 Å². The largest absolute Gasteiger partial charge is 0.356 e. The number of aliphatic imine (C=N–C) groups is 1. The van der Waals surface area contributed by atoms with Gasteiger partial charge in [0.15, 0.2) is 15.8 Å². The summed E-state index contributed by atoms with van der Waals surface area (Å²) in [5.41, 5.74) is 0.937. The fourth-order valence-corrected chi connectivity index (χ4v) is 3.82.